The zero-order valence-corrected chi connectivity index (χ0v) is 14.7. The minimum Gasteiger partial charge on any atom is -0.361 e. The van der Waals surface area contributed by atoms with Crippen LogP contribution in [0.15, 0.2) is 24.5 Å². The van der Waals surface area contributed by atoms with Crippen LogP contribution < -0.4 is 4.90 Å². The van der Waals surface area contributed by atoms with Gasteiger partial charge in [-0.15, -0.1) is 10.2 Å². The van der Waals surface area contributed by atoms with Crippen molar-refractivity contribution >= 4 is 5.69 Å². The van der Waals surface area contributed by atoms with E-state index in [1.165, 1.54) is 6.07 Å². The summed E-state index contributed by atoms with van der Waals surface area (Å²) in [7, 11) is 0. The first-order chi connectivity index (χ1) is 12.3. The Balaban J connectivity index is 1.97. The van der Waals surface area contributed by atoms with E-state index < -0.39 is 11.7 Å². The van der Waals surface area contributed by atoms with Gasteiger partial charge >= 0.3 is 6.18 Å². The second-order valence-electron chi connectivity index (χ2n) is 6.93. The zero-order chi connectivity index (χ0) is 18.9. The minimum absolute atomic E-state index is 0.120. The molecule has 1 fully saturated rings. The van der Waals surface area contributed by atoms with E-state index in [0.717, 1.165) is 31.3 Å². The molecule has 0 N–H and O–H groups in total. The Morgan fingerprint density at radius 3 is 2.77 bits per heavy atom. The van der Waals surface area contributed by atoms with E-state index >= 15 is 0 Å². The van der Waals surface area contributed by atoms with Gasteiger partial charge < -0.3 is 9.47 Å². The fourth-order valence-corrected chi connectivity index (χ4v) is 3.44. The van der Waals surface area contributed by atoms with Crippen molar-refractivity contribution in [2.75, 3.05) is 11.4 Å². The first-order valence-corrected chi connectivity index (χ1v) is 8.57. The van der Waals surface area contributed by atoms with E-state index in [0.29, 0.717) is 18.2 Å². The number of hydrogen-bond donors (Lipinski definition) is 0. The molecule has 0 radical (unpaired) electrons. The lowest BCUT2D eigenvalue weighted by molar-refractivity contribution is -0.137. The molecule has 1 aliphatic rings. The van der Waals surface area contributed by atoms with E-state index in [2.05, 4.69) is 24.0 Å². The van der Waals surface area contributed by atoms with Crippen LogP contribution in [0.3, 0.4) is 0 Å². The van der Waals surface area contributed by atoms with Gasteiger partial charge in [-0.2, -0.15) is 18.4 Å². The molecule has 1 saturated heterocycles. The van der Waals surface area contributed by atoms with Crippen LogP contribution in [-0.2, 0) is 12.7 Å². The molecule has 1 aromatic heterocycles. The van der Waals surface area contributed by atoms with E-state index in [-0.39, 0.29) is 11.6 Å². The summed E-state index contributed by atoms with van der Waals surface area (Å²) in [6.07, 6.45) is -1.22. The number of anilines is 1. The van der Waals surface area contributed by atoms with Crippen molar-refractivity contribution in [3.05, 3.63) is 41.5 Å². The highest BCUT2D eigenvalue weighted by atomic mass is 19.4. The summed E-state index contributed by atoms with van der Waals surface area (Å²) in [5, 5.41) is 17.2. The Kier molecular flexibility index (Phi) is 4.90. The van der Waals surface area contributed by atoms with Gasteiger partial charge in [0.2, 0.25) is 0 Å². The van der Waals surface area contributed by atoms with Crippen LogP contribution in [0.4, 0.5) is 18.9 Å². The molecule has 138 valence electrons. The summed E-state index contributed by atoms with van der Waals surface area (Å²) in [6, 6.07) is 5.39. The SMILES string of the molecule is CC(C)Cn1cnnc1[C@H]1CCCN1c1ccc(C#N)c(C(F)(F)F)c1. The van der Waals surface area contributed by atoms with E-state index in [4.69, 9.17) is 5.26 Å². The van der Waals surface area contributed by atoms with Gasteiger partial charge in [0.15, 0.2) is 5.82 Å². The van der Waals surface area contributed by atoms with Gasteiger partial charge in [-0.1, -0.05) is 13.8 Å². The predicted octanol–water partition coefficient (Wildman–Crippen LogP) is 4.17. The molecule has 2 aromatic rings. The average Bonchev–Trinajstić information content (AvgIpc) is 3.21. The average molecular weight is 363 g/mol. The maximum atomic E-state index is 13.3. The van der Waals surface area contributed by atoms with Crippen LogP contribution >= 0.6 is 0 Å². The topological polar surface area (TPSA) is 57.7 Å². The highest BCUT2D eigenvalue weighted by Crippen LogP contribution is 2.39. The third-order valence-corrected chi connectivity index (χ3v) is 4.52. The lowest BCUT2D eigenvalue weighted by Crippen LogP contribution is -2.26. The molecule has 2 heterocycles. The number of hydrogen-bond acceptors (Lipinski definition) is 4. The molecule has 0 amide bonds. The Bertz CT molecular complexity index is 819. The molecule has 0 unspecified atom stereocenters. The van der Waals surface area contributed by atoms with Crippen molar-refractivity contribution in [3.63, 3.8) is 0 Å². The van der Waals surface area contributed by atoms with Gasteiger partial charge in [0, 0.05) is 18.8 Å². The lowest BCUT2D eigenvalue weighted by Gasteiger charge is -2.27. The zero-order valence-electron chi connectivity index (χ0n) is 14.7. The Hall–Kier alpha value is -2.56. The van der Waals surface area contributed by atoms with Crippen LogP contribution in [0, 0.1) is 17.2 Å². The van der Waals surface area contributed by atoms with Gasteiger partial charge in [-0.05, 0) is 37.0 Å². The summed E-state index contributed by atoms with van der Waals surface area (Å²) in [5.41, 5.74) is -0.801. The fourth-order valence-electron chi connectivity index (χ4n) is 3.44. The minimum atomic E-state index is -4.56. The molecule has 8 heteroatoms. The van der Waals surface area contributed by atoms with Gasteiger partial charge in [0.25, 0.3) is 0 Å². The summed E-state index contributed by atoms with van der Waals surface area (Å²) in [5.74, 6) is 1.18. The quantitative estimate of drug-likeness (QED) is 0.818. The highest BCUT2D eigenvalue weighted by Gasteiger charge is 2.36. The molecule has 3 rings (SSSR count). The molecule has 0 spiro atoms. The van der Waals surface area contributed by atoms with Gasteiger partial charge in [0.05, 0.1) is 23.2 Å². The first-order valence-electron chi connectivity index (χ1n) is 8.57. The number of halogens is 3. The van der Waals surface area contributed by atoms with Crippen LogP contribution in [0.1, 0.15) is 49.7 Å². The molecule has 1 aromatic carbocycles. The van der Waals surface area contributed by atoms with Gasteiger partial charge in [-0.25, -0.2) is 0 Å². The molecule has 0 aliphatic carbocycles. The van der Waals surface area contributed by atoms with Crippen LogP contribution in [-0.4, -0.2) is 21.3 Å². The molecular weight excluding hydrogens is 343 g/mol. The van der Waals surface area contributed by atoms with Gasteiger partial charge in [-0.3, -0.25) is 0 Å². The largest absolute Gasteiger partial charge is 0.417 e. The van der Waals surface area contributed by atoms with Crippen molar-refractivity contribution in [2.24, 2.45) is 5.92 Å². The molecule has 26 heavy (non-hydrogen) atoms. The second-order valence-corrected chi connectivity index (χ2v) is 6.93. The fraction of sp³-hybridized carbons (Fsp3) is 0.500. The molecule has 0 bridgehead atoms. The Labute approximate surface area is 150 Å². The number of aromatic nitrogens is 3. The number of nitrogens with zero attached hydrogens (tertiary/aromatic N) is 5. The van der Waals surface area contributed by atoms with Crippen LogP contribution in [0.25, 0.3) is 0 Å². The van der Waals surface area contributed by atoms with Crippen molar-refractivity contribution in [1.82, 2.24) is 14.8 Å². The standard InChI is InChI=1S/C18H20F3N5/c1-12(2)10-25-11-23-24-17(25)16-4-3-7-26(16)14-6-5-13(9-22)15(8-14)18(19,20)21/h5-6,8,11-12,16H,3-4,7,10H2,1-2H3/t16-/m1/s1. The third-order valence-electron chi connectivity index (χ3n) is 4.52. The Morgan fingerprint density at radius 2 is 2.12 bits per heavy atom. The molecule has 0 saturated carbocycles. The number of nitriles is 1. The second kappa shape index (κ2) is 6.98. The van der Waals surface area contributed by atoms with Crippen molar-refractivity contribution in [2.45, 2.75) is 45.5 Å². The maximum absolute atomic E-state index is 13.3. The summed E-state index contributed by atoms with van der Waals surface area (Å²) in [6.45, 7) is 5.58. The predicted molar refractivity (Wildman–Crippen MR) is 90.3 cm³/mol. The Morgan fingerprint density at radius 1 is 1.35 bits per heavy atom. The van der Waals surface area contributed by atoms with Crippen molar-refractivity contribution in [3.8, 4) is 6.07 Å². The molecule has 5 nitrogen and oxygen atoms in total. The van der Waals surface area contributed by atoms with E-state index in [9.17, 15) is 13.2 Å². The van der Waals surface area contributed by atoms with Gasteiger partial charge in [0.1, 0.15) is 6.33 Å². The lowest BCUT2D eigenvalue weighted by atomic mass is 10.1. The molecule has 1 atom stereocenters. The summed E-state index contributed by atoms with van der Waals surface area (Å²) < 4.78 is 41.8. The van der Waals surface area contributed by atoms with Crippen LogP contribution in [0.5, 0.6) is 0 Å². The highest BCUT2D eigenvalue weighted by molar-refractivity contribution is 5.56. The van der Waals surface area contributed by atoms with E-state index in [1.54, 1.807) is 18.5 Å². The number of benzene rings is 1. The first kappa shape index (κ1) is 18.2. The monoisotopic (exact) mass is 363 g/mol. The van der Waals surface area contributed by atoms with Crippen molar-refractivity contribution in [1.29, 1.82) is 5.26 Å². The van der Waals surface area contributed by atoms with Crippen LogP contribution in [0.2, 0.25) is 0 Å². The van der Waals surface area contributed by atoms with E-state index in [1.807, 2.05) is 9.47 Å². The summed E-state index contributed by atoms with van der Waals surface area (Å²) in [4.78, 5) is 1.93. The summed E-state index contributed by atoms with van der Waals surface area (Å²) >= 11 is 0. The maximum Gasteiger partial charge on any atom is 0.417 e. The number of alkyl halides is 3. The van der Waals surface area contributed by atoms with Crippen molar-refractivity contribution < 1.29 is 13.2 Å². The normalized spacial score (nSPS) is 17.7. The molecular formula is C18H20F3N5. The molecule has 1 aliphatic heterocycles. The third kappa shape index (κ3) is 3.52. The smallest absolute Gasteiger partial charge is 0.361 e. The number of rotatable bonds is 4.